The van der Waals surface area contributed by atoms with Gasteiger partial charge in [-0.3, -0.25) is 4.90 Å². The van der Waals surface area contributed by atoms with Gasteiger partial charge in [0.25, 0.3) is 0 Å². The van der Waals surface area contributed by atoms with Gasteiger partial charge in [-0.25, -0.2) is 4.68 Å². The summed E-state index contributed by atoms with van der Waals surface area (Å²) in [6, 6.07) is 0.321. The van der Waals surface area contributed by atoms with E-state index in [9.17, 15) is 13.2 Å². The molecule has 21 heavy (non-hydrogen) atoms. The summed E-state index contributed by atoms with van der Waals surface area (Å²) in [4.78, 5) is 2.05. The SMILES string of the molecule is C[C@H](C1CCCCC1)N(C)Cc1nnnn1CC(F)(F)F. The standard InChI is InChI=1S/C13H22F3N5/c1-10(11-6-4-3-5-7-11)20(2)8-12-17-18-19-21(12)9-13(14,15)16/h10-11H,3-9H2,1-2H3/t10-/m1/s1. The molecule has 120 valence electrons. The third kappa shape index (κ3) is 4.66. The average Bonchev–Trinajstić information content (AvgIpc) is 2.84. The van der Waals surface area contributed by atoms with Gasteiger partial charge in [-0.05, 0) is 43.2 Å². The Hall–Kier alpha value is -1.18. The van der Waals surface area contributed by atoms with Crippen LogP contribution in [0, 0.1) is 5.92 Å². The van der Waals surface area contributed by atoms with E-state index in [1.807, 2.05) is 7.05 Å². The zero-order valence-electron chi connectivity index (χ0n) is 12.5. The second kappa shape index (κ2) is 6.72. The molecule has 1 heterocycles. The van der Waals surface area contributed by atoms with Gasteiger partial charge < -0.3 is 0 Å². The van der Waals surface area contributed by atoms with Crippen molar-refractivity contribution >= 4 is 0 Å². The molecule has 0 N–H and O–H groups in total. The first-order valence-electron chi connectivity index (χ1n) is 7.39. The van der Waals surface area contributed by atoms with Crippen molar-refractivity contribution < 1.29 is 13.2 Å². The number of nitrogens with zero attached hydrogens (tertiary/aromatic N) is 5. The fourth-order valence-corrected chi connectivity index (χ4v) is 2.97. The van der Waals surface area contributed by atoms with E-state index in [2.05, 4.69) is 27.3 Å². The van der Waals surface area contributed by atoms with Crippen molar-refractivity contribution in [2.75, 3.05) is 7.05 Å². The predicted molar refractivity (Wildman–Crippen MR) is 71.4 cm³/mol. The summed E-state index contributed by atoms with van der Waals surface area (Å²) in [5, 5.41) is 10.5. The zero-order valence-corrected chi connectivity index (χ0v) is 12.5. The normalized spacial score (nSPS) is 19.1. The summed E-state index contributed by atoms with van der Waals surface area (Å²) >= 11 is 0. The van der Waals surface area contributed by atoms with E-state index in [0.29, 0.717) is 18.5 Å². The molecule has 1 saturated carbocycles. The molecule has 1 atom stereocenters. The van der Waals surface area contributed by atoms with Crippen molar-refractivity contribution in [1.82, 2.24) is 25.1 Å². The maximum absolute atomic E-state index is 12.5. The highest BCUT2D eigenvalue weighted by Gasteiger charge is 2.31. The molecule has 0 bridgehead atoms. The maximum Gasteiger partial charge on any atom is 0.408 e. The summed E-state index contributed by atoms with van der Waals surface area (Å²) in [7, 11) is 1.92. The van der Waals surface area contributed by atoms with E-state index >= 15 is 0 Å². The molecule has 5 nitrogen and oxygen atoms in total. The Bertz CT molecular complexity index is 439. The molecule has 8 heteroatoms. The second-order valence-corrected chi connectivity index (χ2v) is 5.92. The molecule has 0 unspecified atom stereocenters. The van der Waals surface area contributed by atoms with Crippen LogP contribution >= 0.6 is 0 Å². The minimum absolute atomic E-state index is 0.262. The van der Waals surface area contributed by atoms with Crippen molar-refractivity contribution in [3.05, 3.63) is 5.82 Å². The fourth-order valence-electron chi connectivity index (χ4n) is 2.97. The Morgan fingerprint density at radius 3 is 2.57 bits per heavy atom. The van der Waals surface area contributed by atoms with E-state index < -0.39 is 12.7 Å². The first-order valence-corrected chi connectivity index (χ1v) is 7.39. The molecule has 0 amide bonds. The maximum atomic E-state index is 12.5. The van der Waals surface area contributed by atoms with Crippen LogP contribution in [-0.4, -0.2) is 44.4 Å². The number of alkyl halides is 3. The molecule has 0 saturated heterocycles. The van der Waals surface area contributed by atoms with E-state index in [4.69, 9.17) is 0 Å². The molecule has 1 fully saturated rings. The molecule has 2 rings (SSSR count). The Morgan fingerprint density at radius 2 is 1.95 bits per heavy atom. The number of aromatic nitrogens is 4. The van der Waals surface area contributed by atoms with Crippen LogP contribution in [0.3, 0.4) is 0 Å². The fraction of sp³-hybridized carbons (Fsp3) is 0.923. The molecular weight excluding hydrogens is 283 g/mol. The minimum Gasteiger partial charge on any atom is -0.296 e. The number of hydrogen-bond acceptors (Lipinski definition) is 4. The van der Waals surface area contributed by atoms with Gasteiger partial charge in [-0.1, -0.05) is 19.3 Å². The van der Waals surface area contributed by atoms with Crippen LogP contribution in [0.4, 0.5) is 13.2 Å². The summed E-state index contributed by atoms with van der Waals surface area (Å²) in [6.07, 6.45) is 1.86. The van der Waals surface area contributed by atoms with Crippen LogP contribution in [0.2, 0.25) is 0 Å². The first kappa shape index (κ1) is 16.2. The van der Waals surface area contributed by atoms with Crippen molar-refractivity contribution in [2.45, 2.75) is 64.3 Å². The molecule has 1 aromatic rings. The summed E-state index contributed by atoms with van der Waals surface area (Å²) in [5.41, 5.74) is 0. The average molecular weight is 305 g/mol. The predicted octanol–water partition coefficient (Wildman–Crippen LogP) is 2.64. The van der Waals surface area contributed by atoms with Crippen molar-refractivity contribution in [3.8, 4) is 0 Å². The highest BCUT2D eigenvalue weighted by Crippen LogP contribution is 2.29. The van der Waals surface area contributed by atoms with Crippen LogP contribution in [0.5, 0.6) is 0 Å². The van der Waals surface area contributed by atoms with Crippen LogP contribution < -0.4 is 0 Å². The highest BCUT2D eigenvalue weighted by molar-refractivity contribution is 4.85. The van der Waals surface area contributed by atoms with E-state index in [-0.39, 0.29) is 5.82 Å². The molecule has 1 aliphatic rings. The van der Waals surface area contributed by atoms with Crippen LogP contribution in [0.25, 0.3) is 0 Å². The van der Waals surface area contributed by atoms with Gasteiger partial charge in [0.2, 0.25) is 0 Å². The smallest absolute Gasteiger partial charge is 0.296 e. The molecule has 0 spiro atoms. The molecule has 0 aromatic carbocycles. The number of hydrogen-bond donors (Lipinski definition) is 0. The number of tetrazole rings is 1. The molecule has 1 aromatic heterocycles. The van der Waals surface area contributed by atoms with Gasteiger partial charge >= 0.3 is 6.18 Å². The highest BCUT2D eigenvalue weighted by atomic mass is 19.4. The summed E-state index contributed by atoms with van der Waals surface area (Å²) in [6.45, 7) is 1.33. The molecular formula is C13H22F3N5. The minimum atomic E-state index is -4.31. The van der Waals surface area contributed by atoms with Gasteiger partial charge in [-0.2, -0.15) is 13.2 Å². The Morgan fingerprint density at radius 1 is 1.29 bits per heavy atom. The lowest BCUT2D eigenvalue weighted by molar-refractivity contribution is -0.143. The van der Waals surface area contributed by atoms with Crippen LogP contribution in [-0.2, 0) is 13.1 Å². The van der Waals surface area contributed by atoms with Crippen molar-refractivity contribution in [2.24, 2.45) is 5.92 Å². The van der Waals surface area contributed by atoms with E-state index in [0.717, 1.165) is 4.68 Å². The van der Waals surface area contributed by atoms with E-state index in [1.165, 1.54) is 32.1 Å². The molecule has 0 radical (unpaired) electrons. The Labute approximate surface area is 122 Å². The van der Waals surface area contributed by atoms with Gasteiger partial charge in [0, 0.05) is 6.04 Å². The molecule has 0 aliphatic heterocycles. The monoisotopic (exact) mass is 305 g/mol. The van der Waals surface area contributed by atoms with E-state index in [1.54, 1.807) is 0 Å². The lowest BCUT2D eigenvalue weighted by Crippen LogP contribution is -2.37. The lowest BCUT2D eigenvalue weighted by atomic mass is 9.84. The van der Waals surface area contributed by atoms with Gasteiger partial charge in [0.05, 0.1) is 6.54 Å². The van der Waals surface area contributed by atoms with Crippen LogP contribution in [0.15, 0.2) is 0 Å². The number of rotatable bonds is 5. The number of halogens is 3. The first-order chi connectivity index (χ1) is 9.87. The second-order valence-electron chi connectivity index (χ2n) is 5.92. The van der Waals surface area contributed by atoms with Gasteiger partial charge in [0.1, 0.15) is 6.54 Å². The quantitative estimate of drug-likeness (QED) is 0.839. The Balaban J connectivity index is 1.95. The van der Waals surface area contributed by atoms with Crippen LogP contribution in [0.1, 0.15) is 44.9 Å². The summed E-state index contributed by atoms with van der Waals surface area (Å²) in [5.74, 6) is 0.869. The van der Waals surface area contributed by atoms with Gasteiger partial charge in [0.15, 0.2) is 5.82 Å². The third-order valence-electron chi connectivity index (χ3n) is 4.35. The van der Waals surface area contributed by atoms with Crippen molar-refractivity contribution in [3.63, 3.8) is 0 Å². The lowest BCUT2D eigenvalue weighted by Gasteiger charge is -2.34. The molecule has 1 aliphatic carbocycles. The summed E-state index contributed by atoms with van der Waals surface area (Å²) < 4.78 is 38.2. The Kier molecular flexibility index (Phi) is 5.18. The zero-order chi connectivity index (χ0) is 15.5. The van der Waals surface area contributed by atoms with Gasteiger partial charge in [-0.15, -0.1) is 5.10 Å². The van der Waals surface area contributed by atoms with Crippen molar-refractivity contribution in [1.29, 1.82) is 0 Å². The topological polar surface area (TPSA) is 46.8 Å². The largest absolute Gasteiger partial charge is 0.408 e. The third-order valence-corrected chi connectivity index (χ3v) is 4.35.